The molecule has 0 aliphatic carbocycles. The van der Waals surface area contributed by atoms with Crippen molar-refractivity contribution in [1.82, 2.24) is 5.32 Å². The van der Waals surface area contributed by atoms with Crippen molar-refractivity contribution in [2.24, 2.45) is 0 Å². The maximum atomic E-state index is 10.9. The van der Waals surface area contributed by atoms with Gasteiger partial charge in [-0.25, -0.2) is 4.79 Å². The molecule has 5 heteroatoms. The summed E-state index contributed by atoms with van der Waals surface area (Å²) in [5.74, 6) is -0.976. The van der Waals surface area contributed by atoms with Crippen LogP contribution in [0, 0.1) is 0 Å². The van der Waals surface area contributed by atoms with Gasteiger partial charge in [-0.15, -0.1) is 0 Å². The minimum atomic E-state index is -0.976. The molecule has 0 rings (SSSR count). The van der Waals surface area contributed by atoms with E-state index in [1.807, 2.05) is 13.8 Å². The van der Waals surface area contributed by atoms with Gasteiger partial charge >= 0.3 is 12.1 Å². The van der Waals surface area contributed by atoms with Crippen LogP contribution in [0.2, 0.25) is 0 Å². The van der Waals surface area contributed by atoms with Crippen molar-refractivity contribution in [3.63, 3.8) is 0 Å². The van der Waals surface area contributed by atoms with E-state index in [2.05, 4.69) is 10.1 Å². The molecule has 0 aromatic rings. The van der Waals surface area contributed by atoms with E-state index in [0.717, 1.165) is 6.42 Å². The molecule has 76 valence electrons. The van der Waals surface area contributed by atoms with Gasteiger partial charge in [-0.3, -0.25) is 4.79 Å². The second-order valence-electron chi connectivity index (χ2n) is 2.73. The zero-order chi connectivity index (χ0) is 10.3. The molecule has 2 N–H and O–H groups in total. The second-order valence-corrected chi connectivity index (χ2v) is 2.73. The van der Waals surface area contributed by atoms with E-state index in [-0.39, 0.29) is 19.1 Å². The number of hydrogen-bond acceptors (Lipinski definition) is 3. The first-order valence-electron chi connectivity index (χ1n) is 4.21. The molecule has 0 aromatic carbocycles. The number of carboxylic acid groups (broad SMARTS) is 1. The fourth-order valence-corrected chi connectivity index (χ4v) is 0.576. The highest BCUT2D eigenvalue weighted by molar-refractivity contribution is 5.69. The monoisotopic (exact) mass is 189 g/mol. The van der Waals surface area contributed by atoms with Gasteiger partial charge in [0.05, 0.1) is 6.42 Å². The third-order valence-corrected chi connectivity index (χ3v) is 1.53. The Bertz CT molecular complexity index is 181. The number of carbonyl (C=O) groups excluding carboxylic acids is 1. The average molecular weight is 189 g/mol. The summed E-state index contributed by atoms with van der Waals surface area (Å²) >= 11 is 0. The number of nitrogens with one attached hydrogen (secondary N) is 1. The first-order valence-corrected chi connectivity index (χ1v) is 4.21. The molecule has 0 aromatic heterocycles. The summed E-state index contributed by atoms with van der Waals surface area (Å²) in [6.45, 7) is 3.69. The summed E-state index contributed by atoms with van der Waals surface area (Å²) in [5, 5.41) is 10.8. The van der Waals surface area contributed by atoms with E-state index in [1.54, 1.807) is 0 Å². The van der Waals surface area contributed by atoms with Crippen LogP contribution in [0.3, 0.4) is 0 Å². The Morgan fingerprint density at radius 3 is 2.62 bits per heavy atom. The molecule has 0 saturated carbocycles. The van der Waals surface area contributed by atoms with Crippen LogP contribution in [0.25, 0.3) is 0 Å². The van der Waals surface area contributed by atoms with Crippen LogP contribution in [-0.2, 0) is 9.53 Å². The Morgan fingerprint density at radius 1 is 1.54 bits per heavy atom. The van der Waals surface area contributed by atoms with Gasteiger partial charge in [0.25, 0.3) is 0 Å². The summed E-state index contributed by atoms with van der Waals surface area (Å²) in [6.07, 6.45) is 0.0951. The minimum absolute atomic E-state index is 0.0531. The number of amides is 1. The number of aliphatic carboxylic acids is 1. The van der Waals surface area contributed by atoms with Gasteiger partial charge in [0, 0.05) is 6.04 Å². The molecular formula is C8H15NO4. The van der Waals surface area contributed by atoms with Gasteiger partial charge in [-0.1, -0.05) is 6.92 Å². The van der Waals surface area contributed by atoms with Crippen molar-refractivity contribution in [1.29, 1.82) is 0 Å². The Kier molecular flexibility index (Phi) is 5.67. The largest absolute Gasteiger partial charge is 0.481 e. The number of rotatable bonds is 5. The molecule has 0 radical (unpaired) electrons. The van der Waals surface area contributed by atoms with E-state index in [9.17, 15) is 9.59 Å². The van der Waals surface area contributed by atoms with Gasteiger partial charge in [-0.05, 0) is 13.3 Å². The average Bonchev–Trinajstić information content (AvgIpc) is 2.03. The van der Waals surface area contributed by atoms with Gasteiger partial charge in [0.15, 0.2) is 0 Å². The van der Waals surface area contributed by atoms with Crippen LogP contribution in [0.4, 0.5) is 4.79 Å². The number of alkyl carbamates (subject to hydrolysis) is 1. The molecule has 0 heterocycles. The Hall–Kier alpha value is -1.26. The maximum absolute atomic E-state index is 10.9. The molecule has 0 aliphatic heterocycles. The standard InChI is InChI=1S/C8H15NO4/c1-3-6(2)9-8(12)13-5-4-7(10)11/h6H,3-5H2,1-2H3,(H,9,12)(H,10,11). The molecule has 5 nitrogen and oxygen atoms in total. The lowest BCUT2D eigenvalue weighted by Gasteiger charge is -2.10. The highest BCUT2D eigenvalue weighted by atomic mass is 16.5. The topological polar surface area (TPSA) is 75.6 Å². The molecule has 13 heavy (non-hydrogen) atoms. The number of carbonyl (C=O) groups is 2. The number of ether oxygens (including phenoxy) is 1. The lowest BCUT2D eigenvalue weighted by molar-refractivity contribution is -0.137. The maximum Gasteiger partial charge on any atom is 0.407 e. The van der Waals surface area contributed by atoms with Gasteiger partial charge < -0.3 is 15.2 Å². The SMILES string of the molecule is CCC(C)NC(=O)OCCC(=O)O. The fourth-order valence-electron chi connectivity index (χ4n) is 0.576. The number of carboxylic acids is 1. The lowest BCUT2D eigenvalue weighted by Crippen LogP contribution is -2.32. The van der Waals surface area contributed by atoms with E-state index in [4.69, 9.17) is 5.11 Å². The van der Waals surface area contributed by atoms with Crippen molar-refractivity contribution >= 4 is 12.1 Å². The quantitative estimate of drug-likeness (QED) is 0.676. The zero-order valence-corrected chi connectivity index (χ0v) is 7.87. The smallest absolute Gasteiger partial charge is 0.407 e. The van der Waals surface area contributed by atoms with Crippen molar-refractivity contribution in [3.8, 4) is 0 Å². The lowest BCUT2D eigenvalue weighted by atomic mass is 10.3. The van der Waals surface area contributed by atoms with Crippen molar-refractivity contribution < 1.29 is 19.4 Å². The summed E-state index contributed by atoms with van der Waals surface area (Å²) in [6, 6.07) is 0.0531. The zero-order valence-electron chi connectivity index (χ0n) is 7.87. The Morgan fingerprint density at radius 2 is 2.15 bits per heavy atom. The normalized spacial score (nSPS) is 11.8. The molecule has 1 amide bonds. The molecule has 0 spiro atoms. The minimum Gasteiger partial charge on any atom is -0.481 e. The van der Waals surface area contributed by atoms with Crippen LogP contribution < -0.4 is 5.32 Å². The first kappa shape index (κ1) is 11.7. The predicted octanol–water partition coefficient (Wildman–Crippen LogP) is 0.986. The Labute approximate surface area is 77.1 Å². The van der Waals surface area contributed by atoms with Crippen molar-refractivity contribution in [3.05, 3.63) is 0 Å². The van der Waals surface area contributed by atoms with E-state index in [1.165, 1.54) is 0 Å². The van der Waals surface area contributed by atoms with Crippen molar-refractivity contribution in [2.45, 2.75) is 32.7 Å². The third kappa shape index (κ3) is 7.11. The summed E-state index contributed by atoms with van der Waals surface area (Å²) in [5.41, 5.74) is 0. The summed E-state index contributed by atoms with van der Waals surface area (Å²) in [4.78, 5) is 20.9. The van der Waals surface area contributed by atoms with Gasteiger partial charge in [0.1, 0.15) is 6.61 Å². The van der Waals surface area contributed by atoms with Crippen LogP contribution in [0.5, 0.6) is 0 Å². The fraction of sp³-hybridized carbons (Fsp3) is 0.750. The van der Waals surface area contributed by atoms with Crippen LogP contribution >= 0.6 is 0 Å². The molecular weight excluding hydrogens is 174 g/mol. The molecule has 1 unspecified atom stereocenters. The molecule has 0 saturated heterocycles. The van der Waals surface area contributed by atoms with Crippen LogP contribution in [0.15, 0.2) is 0 Å². The van der Waals surface area contributed by atoms with E-state index in [0.29, 0.717) is 0 Å². The molecule has 0 aliphatic rings. The molecule has 1 atom stereocenters. The Balaban J connectivity index is 3.46. The van der Waals surface area contributed by atoms with E-state index < -0.39 is 12.1 Å². The van der Waals surface area contributed by atoms with Crippen LogP contribution in [-0.4, -0.2) is 29.8 Å². The number of hydrogen-bond donors (Lipinski definition) is 2. The third-order valence-electron chi connectivity index (χ3n) is 1.53. The predicted molar refractivity (Wildman–Crippen MR) is 46.5 cm³/mol. The van der Waals surface area contributed by atoms with E-state index >= 15 is 0 Å². The summed E-state index contributed by atoms with van der Waals surface area (Å²) < 4.78 is 4.59. The molecule has 0 fully saturated rings. The first-order chi connectivity index (χ1) is 6.06. The highest BCUT2D eigenvalue weighted by Crippen LogP contribution is 1.90. The van der Waals surface area contributed by atoms with Crippen molar-refractivity contribution in [2.75, 3.05) is 6.61 Å². The second kappa shape index (κ2) is 6.28. The summed E-state index contributed by atoms with van der Waals surface area (Å²) in [7, 11) is 0. The highest BCUT2D eigenvalue weighted by Gasteiger charge is 2.06. The van der Waals surface area contributed by atoms with Gasteiger partial charge in [0.2, 0.25) is 0 Å². The van der Waals surface area contributed by atoms with Gasteiger partial charge in [-0.2, -0.15) is 0 Å². The van der Waals surface area contributed by atoms with Crippen LogP contribution in [0.1, 0.15) is 26.7 Å². The molecule has 0 bridgehead atoms.